The lowest BCUT2D eigenvalue weighted by atomic mass is 9.87. The number of carboxylic acid groups (broad SMARTS) is 1. The molecule has 1 aromatic rings. The number of ether oxygens (including phenoxy) is 1. The van der Waals surface area contributed by atoms with Crippen molar-refractivity contribution in [3.63, 3.8) is 0 Å². The van der Waals surface area contributed by atoms with Crippen LogP contribution in [0, 0.1) is 23.7 Å². The van der Waals surface area contributed by atoms with Crippen molar-refractivity contribution in [2.24, 2.45) is 23.7 Å². The molecule has 3 amide bonds. The van der Waals surface area contributed by atoms with Crippen molar-refractivity contribution in [3.05, 3.63) is 24.3 Å². The number of carbonyl (C=O) groups is 8. The molecule has 0 spiro atoms. The highest BCUT2D eigenvalue weighted by Crippen LogP contribution is 2.30. The molecule has 1 saturated heterocycles. The van der Waals surface area contributed by atoms with E-state index in [-0.39, 0.29) is 50.3 Å². The lowest BCUT2D eigenvalue weighted by molar-refractivity contribution is -0.162. The van der Waals surface area contributed by atoms with Gasteiger partial charge in [-0.15, -0.1) is 0 Å². The molecule has 2 heterocycles. The molecule has 0 aromatic carbocycles. The Morgan fingerprint density at radius 3 is 2.29 bits per heavy atom. The minimum atomic E-state index is -4.64. The van der Waals surface area contributed by atoms with E-state index in [1.165, 1.54) is 23.9 Å². The molecule has 17 heteroatoms. The fraction of sp³-hybridized carbons (Fsp3) is 0.625. The fourth-order valence-electron chi connectivity index (χ4n) is 5.54. The van der Waals surface area contributed by atoms with Gasteiger partial charge in [0.2, 0.25) is 17.6 Å². The van der Waals surface area contributed by atoms with Gasteiger partial charge in [0, 0.05) is 43.5 Å². The molecular weight excluding hydrogens is 652 g/mol. The van der Waals surface area contributed by atoms with Gasteiger partial charge in [-0.1, -0.05) is 41.0 Å². The average Bonchev–Trinajstić information content (AvgIpc) is 3.48. The van der Waals surface area contributed by atoms with Crippen molar-refractivity contribution in [3.8, 4) is 0 Å². The standard InChI is InChI=1S/C32H43F2N5O10/c1-6-7-19(28(45)32(33,34)31(48)37-14-26(43)44)10-25(42)23-11-20(49-16-40)15-39(23)30(47)27(18(4)5)38-29(46)21(17(2)3)12-24(41)22-13-35-8-9-36-22/h8-9,13,16-21,23,27H,6-7,10-12,14-15H2,1-5H3,(H,37,48)(H,38,46)(H,43,44)/t19-,20-,21+,23+,27+/m1/s1. The lowest BCUT2D eigenvalue weighted by Crippen LogP contribution is -2.55. The maximum Gasteiger partial charge on any atom is 0.381 e. The van der Waals surface area contributed by atoms with Gasteiger partial charge in [-0.25, -0.2) is 4.98 Å². The van der Waals surface area contributed by atoms with Crippen molar-refractivity contribution < 1.29 is 57.0 Å². The van der Waals surface area contributed by atoms with E-state index in [4.69, 9.17) is 9.84 Å². The monoisotopic (exact) mass is 695 g/mol. The molecule has 49 heavy (non-hydrogen) atoms. The molecule has 1 aromatic heterocycles. The number of aromatic nitrogens is 2. The van der Waals surface area contributed by atoms with Gasteiger partial charge in [0.05, 0.1) is 18.8 Å². The molecule has 15 nitrogen and oxygen atoms in total. The summed E-state index contributed by atoms with van der Waals surface area (Å²) in [6.45, 7) is 6.99. The molecule has 0 saturated carbocycles. The van der Waals surface area contributed by atoms with Crippen LogP contribution in [0.3, 0.4) is 0 Å². The van der Waals surface area contributed by atoms with Crippen molar-refractivity contribution in [1.82, 2.24) is 25.5 Å². The molecule has 5 atom stereocenters. The minimum absolute atomic E-state index is 0.0654. The van der Waals surface area contributed by atoms with E-state index in [1.807, 2.05) is 0 Å². The van der Waals surface area contributed by atoms with E-state index < -0.39 is 95.9 Å². The molecular formula is C32H43F2N5O10. The van der Waals surface area contributed by atoms with Crippen LogP contribution in [0.15, 0.2) is 18.6 Å². The summed E-state index contributed by atoms with van der Waals surface area (Å²) in [5, 5.41) is 12.8. The molecule has 0 unspecified atom stereocenters. The Morgan fingerprint density at radius 1 is 1.08 bits per heavy atom. The van der Waals surface area contributed by atoms with Crippen LogP contribution in [0.2, 0.25) is 0 Å². The average molecular weight is 696 g/mol. The smallest absolute Gasteiger partial charge is 0.381 e. The molecule has 0 radical (unpaired) electrons. The maximum absolute atomic E-state index is 14.8. The number of likely N-dealkylation sites (tertiary alicyclic amines) is 1. The number of carboxylic acids is 1. The number of hydrogen-bond donors (Lipinski definition) is 3. The first kappa shape index (κ1) is 40.5. The number of alkyl halides is 2. The lowest BCUT2D eigenvalue weighted by Gasteiger charge is -2.32. The number of nitrogens with one attached hydrogen (secondary N) is 2. The predicted molar refractivity (Wildman–Crippen MR) is 166 cm³/mol. The summed E-state index contributed by atoms with van der Waals surface area (Å²) in [5.41, 5.74) is 0.0654. The van der Waals surface area contributed by atoms with Gasteiger partial charge in [0.25, 0.3) is 12.4 Å². The summed E-state index contributed by atoms with van der Waals surface area (Å²) in [7, 11) is 0. The number of nitrogens with zero attached hydrogens (tertiary/aromatic N) is 3. The topological polar surface area (TPSA) is 219 Å². The third-order valence-electron chi connectivity index (χ3n) is 8.24. The number of aliphatic carboxylic acids is 1. The zero-order valence-electron chi connectivity index (χ0n) is 28.0. The molecule has 1 fully saturated rings. The second-order valence-electron chi connectivity index (χ2n) is 12.6. The molecule has 0 aliphatic carbocycles. The zero-order chi connectivity index (χ0) is 37.1. The largest absolute Gasteiger partial charge is 0.480 e. The Labute approximate surface area is 281 Å². The van der Waals surface area contributed by atoms with E-state index in [0.717, 1.165) is 4.90 Å². The normalized spacial score (nSPS) is 17.9. The molecule has 1 aliphatic rings. The number of Topliss-reactive ketones (excluding diaryl/α,β-unsaturated/α-hetero) is 3. The number of hydrogen-bond acceptors (Lipinski definition) is 11. The van der Waals surface area contributed by atoms with Crippen LogP contribution in [0.5, 0.6) is 0 Å². The Morgan fingerprint density at radius 2 is 1.76 bits per heavy atom. The predicted octanol–water partition coefficient (Wildman–Crippen LogP) is 1.39. The Balaban J connectivity index is 2.31. The first-order valence-corrected chi connectivity index (χ1v) is 15.9. The SMILES string of the molecule is CCC[C@H](CC(=O)[C@@H]1C[C@@H](OC=O)CN1C(=O)[C@@H](NC(=O)[C@@H](CC(=O)c1cnccn1)C(C)C)C(C)C)C(=O)C(F)(F)C(=O)NCC(=O)O. The van der Waals surface area contributed by atoms with E-state index >= 15 is 0 Å². The van der Waals surface area contributed by atoms with Gasteiger partial charge in [-0.05, 0) is 18.3 Å². The van der Waals surface area contributed by atoms with E-state index in [1.54, 1.807) is 34.6 Å². The van der Waals surface area contributed by atoms with Gasteiger partial charge in [-0.3, -0.25) is 43.3 Å². The van der Waals surface area contributed by atoms with E-state index in [9.17, 15) is 47.1 Å². The zero-order valence-corrected chi connectivity index (χ0v) is 28.0. The summed E-state index contributed by atoms with van der Waals surface area (Å²) >= 11 is 0. The van der Waals surface area contributed by atoms with Crippen LogP contribution >= 0.6 is 0 Å². The summed E-state index contributed by atoms with van der Waals surface area (Å²) in [6, 6.07) is -2.56. The van der Waals surface area contributed by atoms with Crippen molar-refractivity contribution in [2.75, 3.05) is 13.1 Å². The molecule has 0 bridgehead atoms. The van der Waals surface area contributed by atoms with Crippen LogP contribution in [0.4, 0.5) is 8.78 Å². The number of carbonyl (C=O) groups excluding carboxylic acids is 7. The van der Waals surface area contributed by atoms with E-state index in [2.05, 4.69) is 15.3 Å². The number of rotatable bonds is 20. The van der Waals surface area contributed by atoms with Crippen molar-refractivity contribution in [2.45, 2.75) is 90.8 Å². The van der Waals surface area contributed by atoms with Crippen molar-refractivity contribution in [1.29, 1.82) is 0 Å². The number of amides is 3. The second-order valence-corrected chi connectivity index (χ2v) is 12.6. The van der Waals surface area contributed by atoms with Crippen LogP contribution in [0.1, 0.15) is 77.2 Å². The minimum Gasteiger partial charge on any atom is -0.480 e. The fourth-order valence-corrected chi connectivity index (χ4v) is 5.54. The van der Waals surface area contributed by atoms with Crippen LogP contribution in [0.25, 0.3) is 0 Å². The summed E-state index contributed by atoms with van der Waals surface area (Å²) in [5.74, 6) is -16.3. The van der Waals surface area contributed by atoms with Crippen LogP contribution in [-0.4, -0.2) is 105 Å². The highest BCUT2D eigenvalue weighted by atomic mass is 19.3. The molecule has 3 N–H and O–H groups in total. The van der Waals surface area contributed by atoms with Gasteiger partial charge < -0.3 is 25.4 Å². The van der Waals surface area contributed by atoms with Crippen LogP contribution < -0.4 is 10.6 Å². The first-order chi connectivity index (χ1) is 23.0. The molecule has 1 aliphatic heterocycles. The third kappa shape index (κ3) is 10.9. The summed E-state index contributed by atoms with van der Waals surface area (Å²) < 4.78 is 34.6. The number of ketones is 3. The van der Waals surface area contributed by atoms with Crippen molar-refractivity contribution >= 4 is 47.5 Å². The quantitative estimate of drug-likeness (QED) is 0.100. The summed E-state index contributed by atoms with van der Waals surface area (Å²) in [6.07, 6.45) is 1.74. The molecule has 270 valence electrons. The Kier molecular flexibility index (Phi) is 15.0. The third-order valence-corrected chi connectivity index (χ3v) is 8.24. The highest BCUT2D eigenvalue weighted by Gasteiger charge is 2.51. The maximum atomic E-state index is 14.8. The Hall–Kier alpha value is -4.70. The molecule has 2 rings (SSSR count). The highest BCUT2D eigenvalue weighted by molar-refractivity contribution is 6.10. The second kappa shape index (κ2) is 18.2. The Bertz CT molecular complexity index is 1390. The first-order valence-electron chi connectivity index (χ1n) is 15.9. The van der Waals surface area contributed by atoms with Gasteiger partial charge in [0.1, 0.15) is 24.4 Å². The van der Waals surface area contributed by atoms with Crippen LogP contribution in [-0.2, 0) is 38.3 Å². The van der Waals surface area contributed by atoms with E-state index in [0.29, 0.717) is 0 Å². The summed E-state index contributed by atoms with van der Waals surface area (Å²) in [4.78, 5) is 110. The van der Waals surface area contributed by atoms with Gasteiger partial charge in [0.15, 0.2) is 11.6 Å². The van der Waals surface area contributed by atoms with Gasteiger partial charge in [-0.2, -0.15) is 8.78 Å². The number of halogens is 2. The van der Waals surface area contributed by atoms with Gasteiger partial charge >= 0.3 is 11.9 Å².